The fourth-order valence-corrected chi connectivity index (χ4v) is 2.50. The average molecular weight is 256 g/mol. The van der Waals surface area contributed by atoms with Crippen molar-refractivity contribution in [2.75, 3.05) is 14.2 Å². The highest BCUT2D eigenvalue weighted by atomic mass is 31.2. The van der Waals surface area contributed by atoms with Crippen LogP contribution in [0.1, 0.15) is 12.5 Å². The van der Waals surface area contributed by atoms with Crippen molar-refractivity contribution in [3.8, 4) is 0 Å². The van der Waals surface area contributed by atoms with Gasteiger partial charge in [0.05, 0.1) is 0 Å². The van der Waals surface area contributed by atoms with Crippen molar-refractivity contribution < 1.29 is 18.7 Å². The molecule has 0 aliphatic carbocycles. The standard InChI is InChI=1S/C12H17O4P/c1-12(13,17(14,15-2)16-3)10-9-11-7-5-4-6-8-11/h4-10,13H,1-3H3/b10-9+. The lowest BCUT2D eigenvalue weighted by Gasteiger charge is -2.26. The van der Waals surface area contributed by atoms with E-state index in [4.69, 9.17) is 9.05 Å². The van der Waals surface area contributed by atoms with Crippen LogP contribution in [0.2, 0.25) is 0 Å². The van der Waals surface area contributed by atoms with Gasteiger partial charge in [0.1, 0.15) is 0 Å². The molecule has 0 fully saturated rings. The molecule has 1 aromatic rings. The van der Waals surface area contributed by atoms with Crippen LogP contribution in [0, 0.1) is 0 Å². The molecule has 0 saturated heterocycles. The molecule has 1 aromatic carbocycles. The summed E-state index contributed by atoms with van der Waals surface area (Å²) in [5, 5.41) is 8.43. The van der Waals surface area contributed by atoms with Crippen molar-refractivity contribution in [1.29, 1.82) is 0 Å². The maximum Gasteiger partial charge on any atom is 0.365 e. The van der Waals surface area contributed by atoms with E-state index in [1.54, 1.807) is 6.08 Å². The molecule has 0 aliphatic rings. The van der Waals surface area contributed by atoms with Crippen molar-refractivity contribution in [2.45, 2.75) is 12.3 Å². The number of hydrogen-bond donors (Lipinski definition) is 1. The van der Waals surface area contributed by atoms with Crippen LogP contribution in [-0.4, -0.2) is 24.7 Å². The van der Waals surface area contributed by atoms with Gasteiger partial charge in [-0.05, 0) is 18.6 Å². The molecule has 0 radical (unpaired) electrons. The molecule has 0 aliphatic heterocycles. The first-order chi connectivity index (χ1) is 7.95. The van der Waals surface area contributed by atoms with Crippen LogP contribution in [0.25, 0.3) is 6.08 Å². The second-order valence-corrected chi connectivity index (χ2v) is 6.33. The summed E-state index contributed by atoms with van der Waals surface area (Å²) in [6, 6.07) is 9.39. The molecule has 0 heterocycles. The Hall–Kier alpha value is -0.930. The molecule has 1 unspecified atom stereocenters. The molecule has 0 saturated carbocycles. The Morgan fingerprint density at radius 2 is 1.76 bits per heavy atom. The van der Waals surface area contributed by atoms with Gasteiger partial charge in [0.15, 0.2) is 5.34 Å². The predicted molar refractivity (Wildman–Crippen MR) is 67.7 cm³/mol. The van der Waals surface area contributed by atoms with Crippen molar-refractivity contribution in [2.24, 2.45) is 0 Å². The fourth-order valence-electron chi connectivity index (χ4n) is 1.35. The second kappa shape index (κ2) is 5.61. The van der Waals surface area contributed by atoms with Gasteiger partial charge in [-0.2, -0.15) is 0 Å². The van der Waals surface area contributed by atoms with Crippen LogP contribution in [0.4, 0.5) is 0 Å². The molecule has 1 rings (SSSR count). The molecule has 4 nitrogen and oxygen atoms in total. The average Bonchev–Trinajstić information content (AvgIpc) is 2.36. The maximum absolute atomic E-state index is 12.0. The normalized spacial score (nSPS) is 16.0. The summed E-state index contributed by atoms with van der Waals surface area (Å²) in [7, 11) is -1.06. The van der Waals surface area contributed by atoms with E-state index in [2.05, 4.69) is 0 Å². The van der Waals surface area contributed by atoms with E-state index in [1.165, 1.54) is 27.2 Å². The van der Waals surface area contributed by atoms with E-state index in [0.717, 1.165) is 5.56 Å². The van der Waals surface area contributed by atoms with Gasteiger partial charge in [0.2, 0.25) is 0 Å². The topological polar surface area (TPSA) is 55.8 Å². The first-order valence-electron chi connectivity index (χ1n) is 5.13. The fraction of sp³-hybridized carbons (Fsp3) is 0.333. The van der Waals surface area contributed by atoms with E-state index in [9.17, 15) is 9.67 Å². The van der Waals surface area contributed by atoms with Crippen molar-refractivity contribution >= 4 is 13.7 Å². The summed E-state index contributed by atoms with van der Waals surface area (Å²) in [6.45, 7) is 1.39. The molecule has 0 aromatic heterocycles. The lowest BCUT2D eigenvalue weighted by molar-refractivity contribution is 0.134. The third-order valence-electron chi connectivity index (χ3n) is 2.43. The molecule has 0 amide bonds. The summed E-state index contributed by atoms with van der Waals surface area (Å²) in [5.74, 6) is 0. The molecule has 5 heteroatoms. The Balaban J connectivity index is 2.94. The molecule has 1 atom stereocenters. The van der Waals surface area contributed by atoms with Gasteiger partial charge in [-0.1, -0.05) is 36.4 Å². The van der Waals surface area contributed by atoms with E-state index >= 15 is 0 Å². The number of rotatable bonds is 5. The monoisotopic (exact) mass is 256 g/mol. The molecular formula is C12H17O4P. The van der Waals surface area contributed by atoms with E-state index in [-0.39, 0.29) is 0 Å². The summed E-state index contributed by atoms with van der Waals surface area (Å²) in [6.07, 6.45) is 3.08. The molecule has 17 heavy (non-hydrogen) atoms. The van der Waals surface area contributed by atoms with Gasteiger partial charge in [0.25, 0.3) is 0 Å². The predicted octanol–water partition coefficient (Wildman–Crippen LogP) is 2.89. The quantitative estimate of drug-likeness (QED) is 0.823. The van der Waals surface area contributed by atoms with Crippen molar-refractivity contribution in [3.05, 3.63) is 42.0 Å². The Labute approximate surface area is 101 Å². The van der Waals surface area contributed by atoms with Crippen LogP contribution in [-0.2, 0) is 13.6 Å². The van der Waals surface area contributed by atoms with Crippen LogP contribution in [0.15, 0.2) is 36.4 Å². The zero-order valence-electron chi connectivity index (χ0n) is 10.2. The molecule has 0 spiro atoms. The van der Waals surface area contributed by atoms with Gasteiger partial charge >= 0.3 is 7.60 Å². The first-order valence-corrected chi connectivity index (χ1v) is 6.68. The Bertz CT molecular complexity index is 417. The van der Waals surface area contributed by atoms with Crippen LogP contribution >= 0.6 is 7.60 Å². The summed E-state index contributed by atoms with van der Waals surface area (Å²) in [4.78, 5) is 0. The molecule has 1 N–H and O–H groups in total. The van der Waals surface area contributed by atoms with Gasteiger partial charge in [-0.25, -0.2) is 0 Å². The molecule has 0 bridgehead atoms. The lowest BCUT2D eigenvalue weighted by Crippen LogP contribution is -2.22. The van der Waals surface area contributed by atoms with Gasteiger partial charge in [-0.3, -0.25) is 4.57 Å². The largest absolute Gasteiger partial charge is 0.374 e. The number of hydrogen-bond acceptors (Lipinski definition) is 4. The summed E-state index contributed by atoms with van der Waals surface area (Å²) >= 11 is 0. The smallest absolute Gasteiger partial charge is 0.365 e. The van der Waals surface area contributed by atoms with Gasteiger partial charge in [-0.15, -0.1) is 0 Å². The second-order valence-electron chi connectivity index (χ2n) is 3.70. The first kappa shape index (κ1) is 14.1. The summed E-state index contributed by atoms with van der Waals surface area (Å²) in [5.41, 5.74) is 0.895. The minimum atomic E-state index is -3.55. The zero-order chi connectivity index (χ0) is 12.9. The van der Waals surface area contributed by atoms with E-state index < -0.39 is 12.9 Å². The minimum Gasteiger partial charge on any atom is -0.374 e. The third-order valence-corrected chi connectivity index (χ3v) is 4.65. The highest BCUT2D eigenvalue weighted by molar-refractivity contribution is 7.55. The van der Waals surface area contributed by atoms with Gasteiger partial charge < -0.3 is 14.2 Å². The van der Waals surface area contributed by atoms with Crippen LogP contribution in [0.3, 0.4) is 0 Å². The molecule has 94 valence electrons. The van der Waals surface area contributed by atoms with E-state index in [1.807, 2.05) is 30.3 Å². The van der Waals surface area contributed by atoms with Crippen LogP contribution < -0.4 is 0 Å². The number of aliphatic hydroxyl groups is 1. The number of benzene rings is 1. The molecular weight excluding hydrogens is 239 g/mol. The van der Waals surface area contributed by atoms with Crippen molar-refractivity contribution in [1.82, 2.24) is 0 Å². The lowest BCUT2D eigenvalue weighted by atomic mass is 10.2. The Kier molecular flexibility index (Phi) is 4.66. The SMILES string of the molecule is COP(=O)(OC)C(C)(O)/C=C/c1ccccc1. The maximum atomic E-state index is 12.0. The minimum absolute atomic E-state index is 0.895. The highest BCUT2D eigenvalue weighted by Crippen LogP contribution is 2.58. The summed E-state index contributed by atoms with van der Waals surface area (Å²) < 4.78 is 21.6. The van der Waals surface area contributed by atoms with Gasteiger partial charge in [0, 0.05) is 14.2 Å². The Morgan fingerprint density at radius 3 is 2.24 bits per heavy atom. The highest BCUT2D eigenvalue weighted by Gasteiger charge is 2.42. The van der Waals surface area contributed by atoms with E-state index in [0.29, 0.717) is 0 Å². The van der Waals surface area contributed by atoms with Crippen molar-refractivity contribution in [3.63, 3.8) is 0 Å². The third kappa shape index (κ3) is 3.27. The Morgan fingerprint density at radius 1 is 1.24 bits per heavy atom. The zero-order valence-corrected chi connectivity index (χ0v) is 11.1. The van der Waals surface area contributed by atoms with Crippen LogP contribution in [0.5, 0.6) is 0 Å².